The molecule has 0 aliphatic rings. The zero-order valence-corrected chi connectivity index (χ0v) is 12.2. The van der Waals surface area contributed by atoms with Gasteiger partial charge in [-0.1, -0.05) is 6.07 Å². The summed E-state index contributed by atoms with van der Waals surface area (Å²) in [7, 11) is 0. The number of urea groups is 1. The number of benzene rings is 1. The highest BCUT2D eigenvalue weighted by Gasteiger charge is 2.19. The largest absolute Gasteiger partial charge is 0.338 e. The Bertz CT molecular complexity index is 523. The van der Waals surface area contributed by atoms with Gasteiger partial charge in [-0.2, -0.15) is 0 Å². The van der Waals surface area contributed by atoms with E-state index in [1.165, 1.54) is 6.07 Å². The van der Waals surface area contributed by atoms with Gasteiger partial charge >= 0.3 is 6.03 Å². The van der Waals surface area contributed by atoms with E-state index in [1.54, 1.807) is 20.8 Å². The van der Waals surface area contributed by atoms with E-state index in [9.17, 15) is 18.4 Å². The van der Waals surface area contributed by atoms with Crippen LogP contribution in [0.4, 0.5) is 13.6 Å². The molecule has 1 rings (SSSR count). The van der Waals surface area contributed by atoms with Crippen LogP contribution in [-0.2, 0) is 4.79 Å². The van der Waals surface area contributed by atoms with Crippen LogP contribution >= 0.6 is 0 Å². The first kappa shape index (κ1) is 17.0. The van der Waals surface area contributed by atoms with Crippen molar-refractivity contribution in [3.05, 3.63) is 35.4 Å². The molecule has 0 bridgehead atoms. The Morgan fingerprint density at radius 1 is 1.24 bits per heavy atom. The summed E-state index contributed by atoms with van der Waals surface area (Å²) in [5.74, 6) is -1.88. The molecule has 0 aliphatic carbocycles. The van der Waals surface area contributed by atoms with E-state index in [1.807, 2.05) is 0 Å². The molecule has 0 spiro atoms. The summed E-state index contributed by atoms with van der Waals surface area (Å²) in [6.07, 6.45) is 0. The normalized spacial score (nSPS) is 13.4. The van der Waals surface area contributed by atoms with Crippen LogP contribution in [0.5, 0.6) is 0 Å². The van der Waals surface area contributed by atoms with Gasteiger partial charge < -0.3 is 5.32 Å². The van der Waals surface area contributed by atoms with Crippen molar-refractivity contribution < 1.29 is 18.4 Å². The van der Waals surface area contributed by atoms with Gasteiger partial charge in [0.2, 0.25) is 5.91 Å². The van der Waals surface area contributed by atoms with E-state index in [-0.39, 0.29) is 5.56 Å². The first-order valence-electron chi connectivity index (χ1n) is 6.64. The van der Waals surface area contributed by atoms with Crippen LogP contribution in [0.1, 0.15) is 32.4 Å². The van der Waals surface area contributed by atoms with Crippen LogP contribution in [-0.4, -0.2) is 24.5 Å². The monoisotopic (exact) mass is 299 g/mol. The van der Waals surface area contributed by atoms with Gasteiger partial charge in [0.05, 0.1) is 6.04 Å². The molecule has 0 radical (unpaired) electrons. The lowest BCUT2D eigenvalue weighted by molar-refractivity contribution is -0.121. The second kappa shape index (κ2) is 7.68. The molecule has 116 valence electrons. The van der Waals surface area contributed by atoms with E-state index in [2.05, 4.69) is 16.0 Å². The molecule has 5 nitrogen and oxygen atoms in total. The summed E-state index contributed by atoms with van der Waals surface area (Å²) < 4.78 is 26.5. The molecule has 0 aliphatic heterocycles. The van der Waals surface area contributed by atoms with Crippen molar-refractivity contribution in [2.24, 2.45) is 0 Å². The SMILES string of the molecule is CCNC(=O)NC(=O)[C@@H](C)N[C@@H](C)c1ccc(F)cc1F. The summed E-state index contributed by atoms with van der Waals surface area (Å²) >= 11 is 0. The van der Waals surface area contributed by atoms with Crippen molar-refractivity contribution >= 4 is 11.9 Å². The third-order valence-electron chi connectivity index (χ3n) is 2.90. The number of imide groups is 1. The van der Waals surface area contributed by atoms with Gasteiger partial charge in [-0.15, -0.1) is 0 Å². The number of amides is 3. The molecule has 1 aromatic rings. The van der Waals surface area contributed by atoms with E-state index in [0.717, 1.165) is 12.1 Å². The molecule has 2 atom stereocenters. The van der Waals surface area contributed by atoms with Gasteiger partial charge in [0, 0.05) is 24.2 Å². The van der Waals surface area contributed by atoms with Gasteiger partial charge in [0.1, 0.15) is 11.6 Å². The Morgan fingerprint density at radius 2 is 1.90 bits per heavy atom. The fourth-order valence-corrected chi connectivity index (χ4v) is 1.82. The maximum absolute atomic E-state index is 13.6. The Morgan fingerprint density at radius 3 is 2.48 bits per heavy atom. The van der Waals surface area contributed by atoms with Crippen molar-refractivity contribution in [1.29, 1.82) is 0 Å². The van der Waals surface area contributed by atoms with Gasteiger partial charge in [0.15, 0.2) is 0 Å². The minimum atomic E-state index is -0.716. The van der Waals surface area contributed by atoms with Crippen molar-refractivity contribution in [2.45, 2.75) is 32.9 Å². The highest BCUT2D eigenvalue weighted by molar-refractivity contribution is 5.96. The molecule has 0 fully saturated rings. The number of rotatable bonds is 5. The molecule has 0 aromatic heterocycles. The van der Waals surface area contributed by atoms with Crippen LogP contribution in [0.15, 0.2) is 18.2 Å². The number of carbonyl (C=O) groups excluding carboxylic acids is 2. The number of hydrogen-bond donors (Lipinski definition) is 3. The second-order valence-corrected chi connectivity index (χ2v) is 4.62. The molecular weight excluding hydrogens is 280 g/mol. The van der Waals surface area contributed by atoms with Crippen molar-refractivity contribution in [2.75, 3.05) is 6.54 Å². The standard InChI is InChI=1S/C14H19F2N3O2/c1-4-17-14(21)19-13(20)9(3)18-8(2)11-6-5-10(15)7-12(11)16/h5-9,18H,4H2,1-3H3,(H2,17,19,20,21)/t8-,9+/m0/s1. The minimum Gasteiger partial charge on any atom is -0.338 e. The number of carbonyl (C=O) groups is 2. The molecule has 1 aromatic carbocycles. The van der Waals surface area contributed by atoms with Gasteiger partial charge in [-0.3, -0.25) is 15.4 Å². The minimum absolute atomic E-state index is 0.244. The van der Waals surface area contributed by atoms with Crippen LogP contribution in [0.2, 0.25) is 0 Å². The lowest BCUT2D eigenvalue weighted by Crippen LogP contribution is -2.48. The highest BCUT2D eigenvalue weighted by atomic mass is 19.1. The molecule has 0 saturated carbocycles. The molecule has 3 N–H and O–H groups in total. The maximum Gasteiger partial charge on any atom is 0.321 e. The first-order valence-corrected chi connectivity index (χ1v) is 6.64. The van der Waals surface area contributed by atoms with Crippen LogP contribution in [0.25, 0.3) is 0 Å². The summed E-state index contributed by atoms with van der Waals surface area (Å²) in [4.78, 5) is 23.0. The Balaban J connectivity index is 2.62. The summed E-state index contributed by atoms with van der Waals surface area (Å²) in [5.41, 5.74) is 0.244. The van der Waals surface area contributed by atoms with E-state index in [4.69, 9.17) is 0 Å². The summed E-state index contributed by atoms with van der Waals surface area (Å²) in [5, 5.41) is 7.44. The Hall–Kier alpha value is -2.02. The average molecular weight is 299 g/mol. The van der Waals surface area contributed by atoms with Gasteiger partial charge in [-0.25, -0.2) is 13.6 Å². The van der Waals surface area contributed by atoms with Crippen molar-refractivity contribution in [1.82, 2.24) is 16.0 Å². The van der Waals surface area contributed by atoms with Crippen LogP contribution < -0.4 is 16.0 Å². The third kappa shape index (κ3) is 5.11. The van der Waals surface area contributed by atoms with Crippen LogP contribution in [0.3, 0.4) is 0 Å². The molecule has 0 saturated heterocycles. The number of hydrogen-bond acceptors (Lipinski definition) is 3. The number of halogens is 2. The third-order valence-corrected chi connectivity index (χ3v) is 2.90. The van der Waals surface area contributed by atoms with Crippen molar-refractivity contribution in [3.63, 3.8) is 0 Å². The summed E-state index contributed by atoms with van der Waals surface area (Å²) in [6.45, 7) is 5.32. The molecule has 21 heavy (non-hydrogen) atoms. The molecular formula is C14H19F2N3O2. The number of nitrogens with one attached hydrogen (secondary N) is 3. The summed E-state index contributed by atoms with van der Waals surface area (Å²) in [6, 6.07) is 1.43. The zero-order valence-electron chi connectivity index (χ0n) is 12.2. The Labute approximate surface area is 122 Å². The fraction of sp³-hybridized carbons (Fsp3) is 0.429. The van der Waals surface area contributed by atoms with Gasteiger partial charge in [-0.05, 0) is 26.8 Å². The topological polar surface area (TPSA) is 70.2 Å². The average Bonchev–Trinajstić information content (AvgIpc) is 2.38. The van der Waals surface area contributed by atoms with Crippen molar-refractivity contribution in [3.8, 4) is 0 Å². The Kier molecular flexibility index (Phi) is 6.23. The predicted octanol–water partition coefficient (Wildman–Crippen LogP) is 1.85. The first-order chi connectivity index (χ1) is 9.85. The molecule has 0 heterocycles. The second-order valence-electron chi connectivity index (χ2n) is 4.62. The van der Waals surface area contributed by atoms with Crippen LogP contribution in [0, 0.1) is 11.6 Å². The zero-order chi connectivity index (χ0) is 16.0. The highest BCUT2D eigenvalue weighted by Crippen LogP contribution is 2.18. The lowest BCUT2D eigenvalue weighted by atomic mass is 10.1. The predicted molar refractivity (Wildman–Crippen MR) is 74.6 cm³/mol. The van der Waals surface area contributed by atoms with E-state index >= 15 is 0 Å². The molecule has 0 unspecified atom stereocenters. The smallest absolute Gasteiger partial charge is 0.321 e. The van der Waals surface area contributed by atoms with Gasteiger partial charge in [0.25, 0.3) is 0 Å². The van der Waals surface area contributed by atoms with E-state index in [0.29, 0.717) is 6.54 Å². The van der Waals surface area contributed by atoms with E-state index < -0.39 is 35.7 Å². The lowest BCUT2D eigenvalue weighted by Gasteiger charge is -2.20. The molecule has 7 heteroatoms. The maximum atomic E-state index is 13.6. The molecule has 3 amide bonds. The quantitative estimate of drug-likeness (QED) is 0.777. The fourth-order valence-electron chi connectivity index (χ4n) is 1.82.